The van der Waals surface area contributed by atoms with Crippen LogP contribution in [0, 0.1) is 24.1 Å². The van der Waals surface area contributed by atoms with Crippen molar-refractivity contribution in [1.29, 1.82) is 0 Å². The van der Waals surface area contributed by atoms with Crippen molar-refractivity contribution >= 4 is 11.9 Å². The molecule has 0 aliphatic rings. The van der Waals surface area contributed by atoms with Crippen LogP contribution in [0.3, 0.4) is 0 Å². The first-order valence-electron chi connectivity index (χ1n) is 6.55. The van der Waals surface area contributed by atoms with Crippen molar-refractivity contribution in [1.82, 2.24) is 0 Å². The van der Waals surface area contributed by atoms with Gasteiger partial charge in [0.15, 0.2) is 0 Å². The molecule has 4 heteroatoms. The van der Waals surface area contributed by atoms with Gasteiger partial charge in [0.1, 0.15) is 18.6 Å². The van der Waals surface area contributed by atoms with Gasteiger partial charge in [-0.2, -0.15) is 0 Å². The predicted octanol–water partition coefficient (Wildman–Crippen LogP) is 2.77. The molecule has 0 aromatic heterocycles. The first kappa shape index (κ1) is 17.1. The van der Waals surface area contributed by atoms with Crippen molar-refractivity contribution in [3.8, 4) is 24.1 Å². The topological polar surface area (TPSA) is 52.6 Å². The van der Waals surface area contributed by atoms with Crippen LogP contribution in [0.1, 0.15) is 58.8 Å². The van der Waals surface area contributed by atoms with Gasteiger partial charge in [-0.25, -0.2) is 0 Å². The lowest BCUT2D eigenvalue weighted by atomic mass is 10.3. The molecular formula is C15H20O4. The molecule has 0 aromatic rings. The van der Waals surface area contributed by atoms with Gasteiger partial charge >= 0.3 is 11.9 Å². The number of ether oxygens (including phenoxy) is 2. The Balaban J connectivity index is 3.75. The fourth-order valence-corrected chi connectivity index (χ4v) is 1.01. The van der Waals surface area contributed by atoms with Crippen LogP contribution in [0.5, 0.6) is 0 Å². The summed E-state index contributed by atoms with van der Waals surface area (Å²) in [5.41, 5.74) is 0. The number of esters is 2. The fourth-order valence-electron chi connectivity index (χ4n) is 1.01. The molecule has 0 atom stereocenters. The van der Waals surface area contributed by atoms with E-state index in [1.165, 1.54) is 0 Å². The Hall–Kier alpha value is -1.94. The number of unbranched alkanes of at least 4 members (excludes halogenated alkanes) is 4. The average Bonchev–Trinajstić information content (AvgIpc) is 2.38. The van der Waals surface area contributed by atoms with Crippen LogP contribution in [-0.4, -0.2) is 11.9 Å². The maximum atomic E-state index is 11.1. The largest absolute Gasteiger partial charge is 0.372 e. The molecule has 0 heterocycles. The Kier molecular flexibility index (Phi) is 11.2. The van der Waals surface area contributed by atoms with Gasteiger partial charge in [0, 0.05) is 12.8 Å². The summed E-state index contributed by atoms with van der Waals surface area (Å²) in [7, 11) is 0. The number of hydrogen-bond donors (Lipinski definition) is 0. The molecule has 0 rings (SSSR count). The van der Waals surface area contributed by atoms with Crippen molar-refractivity contribution in [2.24, 2.45) is 0 Å². The lowest BCUT2D eigenvalue weighted by Gasteiger charge is -1.94. The zero-order valence-electron chi connectivity index (χ0n) is 11.6. The molecule has 0 spiro atoms. The molecule has 0 saturated heterocycles. The second-order valence-electron chi connectivity index (χ2n) is 3.89. The molecule has 0 fully saturated rings. The number of rotatable bonds is 6. The highest BCUT2D eigenvalue weighted by atomic mass is 16.5. The molecule has 0 amide bonds. The van der Waals surface area contributed by atoms with Crippen LogP contribution in [0.2, 0.25) is 0 Å². The maximum absolute atomic E-state index is 11.1. The van der Waals surface area contributed by atoms with E-state index in [0.29, 0.717) is 12.8 Å². The van der Waals surface area contributed by atoms with E-state index in [-0.39, 0.29) is 0 Å². The number of carbonyl (C=O) groups excluding carboxylic acids is 2. The molecule has 104 valence electrons. The Morgan fingerprint density at radius 3 is 1.63 bits per heavy atom. The first-order chi connectivity index (χ1) is 9.20. The van der Waals surface area contributed by atoms with Crippen LogP contribution in [0.4, 0.5) is 0 Å². The third kappa shape index (κ3) is 12.3. The van der Waals surface area contributed by atoms with Gasteiger partial charge in [-0.1, -0.05) is 38.5 Å². The fraction of sp³-hybridized carbons (Fsp3) is 0.600. The highest BCUT2D eigenvalue weighted by Crippen LogP contribution is 1.93. The van der Waals surface area contributed by atoms with Crippen LogP contribution < -0.4 is 0 Å². The van der Waals surface area contributed by atoms with E-state index < -0.39 is 18.4 Å². The highest BCUT2D eigenvalue weighted by molar-refractivity contribution is 5.91. The summed E-state index contributed by atoms with van der Waals surface area (Å²) in [4.78, 5) is 22.3. The van der Waals surface area contributed by atoms with E-state index in [2.05, 4.69) is 33.5 Å². The number of carbonyl (C=O) groups is 2. The zero-order chi connectivity index (χ0) is 14.3. The minimum Gasteiger partial charge on any atom is -0.372 e. The van der Waals surface area contributed by atoms with Gasteiger partial charge in [-0.05, 0) is 12.8 Å². The second-order valence-corrected chi connectivity index (χ2v) is 3.89. The Morgan fingerprint density at radius 1 is 0.842 bits per heavy atom. The molecule has 0 bridgehead atoms. The van der Waals surface area contributed by atoms with E-state index in [1.54, 1.807) is 0 Å². The van der Waals surface area contributed by atoms with Crippen LogP contribution in [0.25, 0.3) is 0 Å². The lowest BCUT2D eigenvalue weighted by Crippen LogP contribution is -2.10. The third-order valence-electron chi connectivity index (χ3n) is 2.07. The van der Waals surface area contributed by atoms with E-state index >= 15 is 0 Å². The summed E-state index contributed by atoms with van der Waals surface area (Å²) >= 11 is 0. The quantitative estimate of drug-likeness (QED) is 0.320. The molecular weight excluding hydrogens is 244 g/mol. The molecule has 0 aromatic carbocycles. The summed E-state index contributed by atoms with van der Waals surface area (Å²) in [6, 6.07) is 0. The highest BCUT2D eigenvalue weighted by Gasteiger charge is 2.10. The van der Waals surface area contributed by atoms with E-state index in [0.717, 1.165) is 25.7 Å². The number of hydrogen-bond acceptors (Lipinski definition) is 4. The predicted molar refractivity (Wildman–Crippen MR) is 71.4 cm³/mol. The van der Waals surface area contributed by atoms with Crippen molar-refractivity contribution in [3.63, 3.8) is 0 Å². The van der Waals surface area contributed by atoms with Gasteiger partial charge < -0.3 is 9.47 Å². The lowest BCUT2D eigenvalue weighted by molar-refractivity contribution is -0.146. The summed E-state index contributed by atoms with van der Waals surface area (Å²) < 4.78 is 9.11. The second kappa shape index (κ2) is 12.5. The smallest absolute Gasteiger partial charge is 0.331 e. The average molecular weight is 264 g/mol. The summed E-state index contributed by atoms with van der Waals surface area (Å²) in [6.07, 6.45) is 9.40. The Labute approximate surface area is 114 Å². The third-order valence-corrected chi connectivity index (χ3v) is 2.07. The molecule has 0 aliphatic heterocycles. The van der Waals surface area contributed by atoms with Gasteiger partial charge in [0.25, 0.3) is 0 Å². The summed E-state index contributed by atoms with van der Waals surface area (Å²) in [6.45, 7) is 4.09. The van der Waals surface area contributed by atoms with E-state index in [4.69, 9.17) is 0 Å². The van der Waals surface area contributed by atoms with Gasteiger partial charge in [0.05, 0.1) is 0 Å². The van der Waals surface area contributed by atoms with Crippen molar-refractivity contribution in [2.75, 3.05) is 0 Å². The SMILES string of the molecule is CCCCC#COC(=O)CC(=O)OC#CCCCC. The molecule has 0 unspecified atom stereocenters. The van der Waals surface area contributed by atoms with Crippen LogP contribution in [-0.2, 0) is 19.1 Å². The van der Waals surface area contributed by atoms with Crippen molar-refractivity contribution in [2.45, 2.75) is 58.8 Å². The van der Waals surface area contributed by atoms with Crippen molar-refractivity contribution < 1.29 is 19.1 Å². The molecule has 4 nitrogen and oxygen atoms in total. The van der Waals surface area contributed by atoms with Gasteiger partial charge in [0.2, 0.25) is 0 Å². The summed E-state index contributed by atoms with van der Waals surface area (Å²) in [5, 5.41) is 0. The minimum atomic E-state index is -0.718. The van der Waals surface area contributed by atoms with Gasteiger partial charge in [-0.15, -0.1) is 0 Å². The van der Waals surface area contributed by atoms with E-state index in [9.17, 15) is 9.59 Å². The van der Waals surface area contributed by atoms with Gasteiger partial charge in [-0.3, -0.25) is 9.59 Å². The Morgan fingerprint density at radius 2 is 1.26 bits per heavy atom. The summed E-state index contributed by atoms with van der Waals surface area (Å²) in [5.74, 6) is 3.93. The Bertz CT molecular complexity index is 352. The minimum absolute atomic E-state index is 0.467. The van der Waals surface area contributed by atoms with Crippen LogP contribution >= 0.6 is 0 Å². The van der Waals surface area contributed by atoms with E-state index in [1.807, 2.05) is 13.8 Å². The standard InChI is InChI=1S/C15H20O4/c1-3-5-7-9-11-18-14(16)13-15(17)19-12-10-8-6-4-2/h3-8,13H2,1-2H3. The normalized spacial score (nSPS) is 8.53. The zero-order valence-corrected chi connectivity index (χ0v) is 11.6. The molecule has 0 radical (unpaired) electrons. The monoisotopic (exact) mass is 264 g/mol. The molecule has 0 saturated carbocycles. The van der Waals surface area contributed by atoms with Crippen molar-refractivity contribution in [3.05, 3.63) is 0 Å². The van der Waals surface area contributed by atoms with Crippen LogP contribution in [0.15, 0.2) is 0 Å². The molecule has 0 aliphatic carbocycles. The first-order valence-corrected chi connectivity index (χ1v) is 6.55. The maximum Gasteiger partial charge on any atom is 0.331 e. The molecule has 19 heavy (non-hydrogen) atoms. The molecule has 0 N–H and O–H groups in total.